The first kappa shape index (κ1) is 50.6. The maximum absolute atomic E-state index is 12.8. The van der Waals surface area contributed by atoms with Gasteiger partial charge in [0, 0.05) is 30.9 Å². The number of hydrogen-bond donors (Lipinski definition) is 2. The molecule has 13 atom stereocenters. The number of allylic oxidation sites excluding steroid dienone is 2. The quantitative estimate of drug-likeness (QED) is 0.105. The maximum Gasteiger partial charge on any atom is 0.339 e. The Bertz CT molecular complexity index is 2100. The third kappa shape index (κ3) is 10.5. The van der Waals surface area contributed by atoms with Gasteiger partial charge in [0.05, 0.1) is 60.9 Å². The third-order valence-corrected chi connectivity index (χ3v) is 13.2. The second-order valence-electron chi connectivity index (χ2n) is 17.5. The van der Waals surface area contributed by atoms with Crippen molar-refractivity contribution in [1.29, 1.82) is 0 Å². The molecule has 3 heterocycles. The summed E-state index contributed by atoms with van der Waals surface area (Å²) in [6.07, 6.45) is -1.88. The topological polar surface area (TPSA) is 263 Å². The average Bonchev–Trinajstić information content (AvgIpc) is 4.06. The van der Waals surface area contributed by atoms with Crippen LogP contribution in [0.1, 0.15) is 66.7 Å². The van der Waals surface area contributed by atoms with Gasteiger partial charge in [-0.3, -0.25) is 9.59 Å². The Hall–Kier alpha value is -5.37. The normalized spacial score (nSPS) is 36.0. The number of esters is 8. The summed E-state index contributed by atoms with van der Waals surface area (Å²) in [6.45, 7) is 17.7. The Labute approximate surface area is 380 Å². The molecule has 2 N–H and O–H groups in total. The molecule has 0 spiro atoms. The fraction of sp³-hybridized carbons (Fsp3) is 0.600. The van der Waals surface area contributed by atoms with Crippen molar-refractivity contribution >= 4 is 59.4 Å². The van der Waals surface area contributed by atoms with Gasteiger partial charge in [-0.25, -0.2) is 28.8 Å². The van der Waals surface area contributed by atoms with Crippen molar-refractivity contribution in [2.24, 2.45) is 23.2 Å². The van der Waals surface area contributed by atoms with Crippen LogP contribution in [0.4, 0.5) is 0 Å². The summed E-state index contributed by atoms with van der Waals surface area (Å²) >= 11 is 5.73. The minimum absolute atomic E-state index is 0.0257. The second-order valence-corrected chi connectivity index (χ2v) is 17.8. The van der Waals surface area contributed by atoms with Gasteiger partial charge in [0.2, 0.25) is 0 Å². The summed E-state index contributed by atoms with van der Waals surface area (Å²) in [5, 5.41) is 19.6. The van der Waals surface area contributed by atoms with Crippen LogP contribution in [0.5, 0.6) is 0 Å². The van der Waals surface area contributed by atoms with Crippen molar-refractivity contribution in [3.05, 3.63) is 59.8 Å². The number of methoxy groups -OCH3 is 2. The molecule has 6 aliphatic rings. The van der Waals surface area contributed by atoms with Gasteiger partial charge in [-0.2, -0.15) is 0 Å². The van der Waals surface area contributed by atoms with E-state index in [0.29, 0.717) is 25.7 Å². The van der Waals surface area contributed by atoms with E-state index in [0.717, 1.165) is 27.4 Å². The molecule has 0 amide bonds. The van der Waals surface area contributed by atoms with E-state index < -0.39 is 126 Å². The molecule has 0 aromatic rings. The van der Waals surface area contributed by atoms with Gasteiger partial charge in [-0.05, 0) is 51.4 Å². The zero-order chi connectivity index (χ0) is 48.5. The molecular formula is C45H55ClO19. The van der Waals surface area contributed by atoms with Gasteiger partial charge in [-0.15, -0.1) is 11.6 Å². The van der Waals surface area contributed by atoms with Crippen molar-refractivity contribution in [3.63, 3.8) is 0 Å². The molecule has 356 valence electrons. The smallest absolute Gasteiger partial charge is 0.339 e. The summed E-state index contributed by atoms with van der Waals surface area (Å²) in [7, 11) is 2.33. The van der Waals surface area contributed by atoms with Crippen molar-refractivity contribution in [2.75, 3.05) is 26.7 Å². The van der Waals surface area contributed by atoms with Crippen LogP contribution in [0.25, 0.3) is 0 Å². The molecule has 3 unspecified atom stereocenters. The molecular weight excluding hydrogens is 880 g/mol. The Balaban J connectivity index is 0.000000244. The number of aliphatic hydroxyl groups is 2. The van der Waals surface area contributed by atoms with Gasteiger partial charge in [-0.1, -0.05) is 38.8 Å². The van der Waals surface area contributed by atoms with E-state index >= 15 is 0 Å². The summed E-state index contributed by atoms with van der Waals surface area (Å²) in [4.78, 5) is 99.7. The number of carbonyl (C=O) groups is 8. The summed E-state index contributed by atoms with van der Waals surface area (Å²) in [6, 6.07) is 0. The van der Waals surface area contributed by atoms with Gasteiger partial charge >= 0.3 is 47.8 Å². The van der Waals surface area contributed by atoms with Crippen molar-refractivity contribution < 1.29 is 91.2 Å². The second kappa shape index (κ2) is 19.6. The molecule has 19 nitrogen and oxygen atoms in total. The van der Waals surface area contributed by atoms with Crippen LogP contribution >= 0.6 is 11.6 Å². The fourth-order valence-corrected chi connectivity index (χ4v) is 8.93. The largest absolute Gasteiger partial charge is 0.466 e. The number of hydrogen-bond acceptors (Lipinski definition) is 19. The highest BCUT2D eigenvalue weighted by molar-refractivity contribution is 6.20. The van der Waals surface area contributed by atoms with Gasteiger partial charge < -0.3 is 52.8 Å². The Morgan fingerprint density at radius 1 is 0.815 bits per heavy atom. The molecule has 1 saturated carbocycles. The lowest BCUT2D eigenvalue weighted by molar-refractivity contribution is -0.183. The summed E-state index contributed by atoms with van der Waals surface area (Å²) < 4.78 is 48.9. The molecule has 0 aromatic carbocycles. The number of fused-ring (bicyclic) bond motifs is 6. The predicted octanol–water partition coefficient (Wildman–Crippen LogP) is 2.36. The number of alkyl halides is 1. The Morgan fingerprint density at radius 3 is 1.77 bits per heavy atom. The van der Waals surface area contributed by atoms with Crippen LogP contribution in [0.3, 0.4) is 0 Å². The summed E-state index contributed by atoms with van der Waals surface area (Å²) in [5.74, 6) is -9.00. The number of epoxide rings is 1. The minimum Gasteiger partial charge on any atom is -0.466 e. The number of rotatable bonds is 10. The van der Waals surface area contributed by atoms with E-state index in [-0.39, 0.29) is 39.2 Å². The molecule has 3 aliphatic carbocycles. The molecule has 4 fully saturated rings. The minimum atomic E-state index is -2.07. The molecule has 65 heavy (non-hydrogen) atoms. The number of aliphatic hydroxyl groups excluding tert-OH is 1. The van der Waals surface area contributed by atoms with E-state index in [1.165, 1.54) is 20.1 Å². The van der Waals surface area contributed by atoms with Crippen LogP contribution in [0.15, 0.2) is 59.8 Å². The monoisotopic (exact) mass is 934 g/mol. The van der Waals surface area contributed by atoms with Crippen LogP contribution in [-0.2, 0) is 81.0 Å². The van der Waals surface area contributed by atoms with Crippen LogP contribution < -0.4 is 0 Å². The molecule has 0 aromatic heterocycles. The van der Waals surface area contributed by atoms with Crippen LogP contribution in [0.2, 0.25) is 0 Å². The average molecular weight is 935 g/mol. The van der Waals surface area contributed by atoms with Gasteiger partial charge in [0.15, 0.2) is 30.0 Å². The van der Waals surface area contributed by atoms with Crippen molar-refractivity contribution in [2.45, 2.75) is 121 Å². The van der Waals surface area contributed by atoms with Gasteiger partial charge in [0.25, 0.3) is 0 Å². The van der Waals surface area contributed by atoms with E-state index in [1.54, 1.807) is 6.08 Å². The molecule has 3 aliphatic heterocycles. The highest BCUT2D eigenvalue weighted by atomic mass is 35.5. The van der Waals surface area contributed by atoms with E-state index in [4.69, 9.17) is 54.2 Å². The predicted molar refractivity (Wildman–Crippen MR) is 222 cm³/mol. The highest BCUT2D eigenvalue weighted by Crippen LogP contribution is 2.62. The lowest BCUT2D eigenvalue weighted by atomic mass is 9.80. The standard InChI is InChI=1S/C23H29ClO9.C22H26O10/c1-11-15-17(32-19(11)26)14-9-22(14,3)8-6-7-13(20(27)30-5)16(31-12(2)25)18(15)33-21(28)23(4,29)10-24;1-10(9-23)19(25)30-16-14-11(2)20(26)31-17(14)18-22(4,32-18)8-6-7-13(21(27)28-5)15(16)29-12(3)24/h7,14-18,29H,1,6,8-10H2,2-5H3;7,14-18,23H,1-2,6,8-9H2,3-5H3/b2*13-7+/t14-,15+,16?,17-,18-,22+,23?;14-,15?,16-,17+,18-,22-/m11/s1. The zero-order valence-electron chi connectivity index (χ0n) is 37.2. The molecule has 3 saturated heterocycles. The third-order valence-electron chi connectivity index (χ3n) is 12.7. The van der Waals surface area contributed by atoms with Crippen LogP contribution in [-0.4, -0.2) is 139 Å². The molecule has 0 bridgehead atoms. The fourth-order valence-electron chi connectivity index (χ4n) is 8.82. The highest BCUT2D eigenvalue weighted by Gasteiger charge is 2.66. The SMILES string of the molecule is C=C(CO)C(=O)O[C@H]1C(OC(C)=O)/C(C(=O)OC)=C\CC[C@@]2(C)O[C@@H]2[C@H]2OC(=O)C(=C)[C@@H]21.C=C1C(=O)O[C@H]2[C@H]1[C@@H](OC(=O)C(C)(O)CCl)C(OC(C)=O)/C(C(=O)OC)=C\CC[C@@]1(C)C[C@H]21. The Kier molecular flexibility index (Phi) is 15.3. The lowest BCUT2D eigenvalue weighted by Gasteiger charge is -2.35. The van der Waals surface area contributed by atoms with Crippen molar-refractivity contribution in [3.8, 4) is 0 Å². The number of carbonyl (C=O) groups excluding carboxylic acids is 8. The Morgan fingerprint density at radius 2 is 1.29 bits per heavy atom. The first-order valence-electron chi connectivity index (χ1n) is 20.8. The van der Waals surface area contributed by atoms with E-state index in [9.17, 15) is 48.6 Å². The van der Waals surface area contributed by atoms with E-state index in [1.807, 2.05) is 6.92 Å². The maximum atomic E-state index is 12.8. The number of halogens is 1. The van der Waals surface area contributed by atoms with E-state index in [2.05, 4.69) is 26.7 Å². The van der Waals surface area contributed by atoms with Crippen LogP contribution in [0, 0.1) is 23.2 Å². The first-order chi connectivity index (χ1) is 30.4. The first-order valence-corrected chi connectivity index (χ1v) is 21.3. The molecule has 6 rings (SSSR count). The van der Waals surface area contributed by atoms with Gasteiger partial charge in [0.1, 0.15) is 18.3 Å². The zero-order valence-corrected chi connectivity index (χ0v) is 38.0. The van der Waals surface area contributed by atoms with Crippen molar-refractivity contribution in [1.82, 2.24) is 0 Å². The lowest BCUT2D eigenvalue weighted by Crippen LogP contribution is -2.50. The summed E-state index contributed by atoms with van der Waals surface area (Å²) in [5.41, 5.74) is -3.23. The molecule has 0 radical (unpaired) electrons. The molecule has 20 heteroatoms. The number of ether oxygens (including phenoxy) is 9.